The summed E-state index contributed by atoms with van der Waals surface area (Å²) in [6.07, 6.45) is 15.1. The molecule has 0 saturated heterocycles. The van der Waals surface area contributed by atoms with Crippen molar-refractivity contribution in [1.29, 1.82) is 0 Å². The smallest absolute Gasteiger partial charge is 0.144 e. The van der Waals surface area contributed by atoms with E-state index in [1.165, 1.54) is 0 Å². The summed E-state index contributed by atoms with van der Waals surface area (Å²) in [5.41, 5.74) is 13.7. The maximum absolute atomic E-state index is 6.71. The van der Waals surface area contributed by atoms with E-state index in [1.54, 1.807) is 0 Å². The van der Waals surface area contributed by atoms with Crippen molar-refractivity contribution in [2.45, 2.75) is 13.3 Å². The van der Waals surface area contributed by atoms with Crippen molar-refractivity contribution < 1.29 is 4.42 Å². The highest BCUT2D eigenvalue weighted by Gasteiger charge is 2.20. The molecule has 0 radical (unpaired) electrons. The molecule has 5 heteroatoms. The summed E-state index contributed by atoms with van der Waals surface area (Å²) < 4.78 is 9.06. The number of fused-ring (bicyclic) bond motifs is 5. The summed E-state index contributed by atoms with van der Waals surface area (Å²) in [4.78, 5) is 13.7. The van der Waals surface area contributed by atoms with Gasteiger partial charge in [0.25, 0.3) is 0 Å². The SMILES string of the molecule is CC1C=C(c2cc3ccc4c(c5ccccc5n4-c4cccc(-c5cc(-c6ccc(-c7ccncc7)cc6)cc(-c6ccncc6)n5)c4)c3o2)C=CC1. The maximum atomic E-state index is 6.71. The topological polar surface area (TPSA) is 56.7 Å². The molecule has 252 valence electrons. The van der Waals surface area contributed by atoms with Crippen LogP contribution < -0.4 is 0 Å². The lowest BCUT2D eigenvalue weighted by Crippen LogP contribution is -1.96. The number of aromatic nitrogens is 4. The number of para-hydroxylation sites is 1. The summed E-state index contributed by atoms with van der Waals surface area (Å²) in [5.74, 6) is 1.41. The van der Waals surface area contributed by atoms with E-state index in [0.717, 1.165) is 101 Å². The molecule has 4 aromatic carbocycles. The second kappa shape index (κ2) is 12.7. The number of rotatable bonds is 6. The third-order valence-corrected chi connectivity index (χ3v) is 10.3. The summed E-state index contributed by atoms with van der Waals surface area (Å²) in [5, 5.41) is 3.39. The van der Waals surface area contributed by atoms with Gasteiger partial charge in [-0.15, -0.1) is 0 Å². The number of pyridine rings is 3. The van der Waals surface area contributed by atoms with Crippen LogP contribution in [0.2, 0.25) is 0 Å². The van der Waals surface area contributed by atoms with Gasteiger partial charge in [0.1, 0.15) is 11.3 Å². The van der Waals surface area contributed by atoms with E-state index in [-0.39, 0.29) is 0 Å². The molecule has 9 aromatic rings. The molecule has 5 aromatic heterocycles. The predicted molar refractivity (Wildman–Crippen MR) is 217 cm³/mol. The quantitative estimate of drug-likeness (QED) is 0.175. The fraction of sp³-hybridized carbons (Fsp3) is 0.0625. The van der Waals surface area contributed by atoms with Gasteiger partial charge in [-0.3, -0.25) is 9.97 Å². The normalized spacial score (nSPS) is 14.3. The Morgan fingerprint density at radius 1 is 0.604 bits per heavy atom. The van der Waals surface area contributed by atoms with Crippen LogP contribution in [0, 0.1) is 5.92 Å². The van der Waals surface area contributed by atoms with Crippen LogP contribution in [0.3, 0.4) is 0 Å². The number of hydrogen-bond acceptors (Lipinski definition) is 4. The van der Waals surface area contributed by atoms with Crippen molar-refractivity contribution in [3.63, 3.8) is 0 Å². The second-order valence-electron chi connectivity index (χ2n) is 13.8. The lowest BCUT2D eigenvalue weighted by Gasteiger charge is -2.13. The zero-order chi connectivity index (χ0) is 35.3. The number of benzene rings is 4. The van der Waals surface area contributed by atoms with Crippen molar-refractivity contribution >= 4 is 38.3 Å². The van der Waals surface area contributed by atoms with Crippen molar-refractivity contribution in [3.05, 3.63) is 176 Å². The van der Waals surface area contributed by atoms with Crippen LogP contribution in [0.5, 0.6) is 0 Å². The minimum atomic E-state index is 0.492. The van der Waals surface area contributed by atoms with E-state index >= 15 is 0 Å². The Labute approximate surface area is 307 Å². The van der Waals surface area contributed by atoms with Gasteiger partial charge in [0.05, 0.1) is 27.8 Å². The van der Waals surface area contributed by atoms with Gasteiger partial charge in [-0.05, 0) is 107 Å². The zero-order valence-corrected chi connectivity index (χ0v) is 29.1. The van der Waals surface area contributed by atoms with E-state index in [0.29, 0.717) is 5.92 Å². The fourth-order valence-electron chi connectivity index (χ4n) is 7.69. The van der Waals surface area contributed by atoms with Crippen LogP contribution in [-0.4, -0.2) is 19.5 Å². The molecule has 1 atom stereocenters. The fourth-order valence-corrected chi connectivity index (χ4v) is 7.69. The van der Waals surface area contributed by atoms with Gasteiger partial charge >= 0.3 is 0 Å². The van der Waals surface area contributed by atoms with Gasteiger partial charge in [0.15, 0.2) is 0 Å². The summed E-state index contributed by atoms with van der Waals surface area (Å²) in [6.45, 7) is 2.25. The Morgan fingerprint density at radius 2 is 1.30 bits per heavy atom. The summed E-state index contributed by atoms with van der Waals surface area (Å²) in [7, 11) is 0. The molecule has 10 rings (SSSR count). The van der Waals surface area contributed by atoms with E-state index in [9.17, 15) is 0 Å². The van der Waals surface area contributed by atoms with Crippen molar-refractivity contribution in [1.82, 2.24) is 19.5 Å². The summed E-state index contributed by atoms with van der Waals surface area (Å²) in [6, 6.07) is 45.1. The van der Waals surface area contributed by atoms with Crippen molar-refractivity contribution in [3.8, 4) is 50.5 Å². The first-order valence-corrected chi connectivity index (χ1v) is 18.0. The molecule has 0 fully saturated rings. The van der Waals surface area contributed by atoms with Crippen molar-refractivity contribution in [2.75, 3.05) is 0 Å². The third-order valence-electron chi connectivity index (χ3n) is 10.3. The largest absolute Gasteiger partial charge is 0.455 e. The van der Waals surface area contributed by atoms with Crippen molar-refractivity contribution in [2.24, 2.45) is 5.92 Å². The molecule has 1 aliphatic rings. The number of allylic oxidation sites excluding steroid dienone is 4. The Hall–Kier alpha value is -6.85. The van der Waals surface area contributed by atoms with Crippen LogP contribution in [0.1, 0.15) is 19.1 Å². The Kier molecular flexibility index (Phi) is 7.43. The first-order valence-electron chi connectivity index (χ1n) is 18.0. The Morgan fingerprint density at radius 3 is 2.08 bits per heavy atom. The number of nitrogens with zero attached hydrogens (tertiary/aromatic N) is 4. The molecule has 0 spiro atoms. The molecular formula is C48H34N4O. The third kappa shape index (κ3) is 5.54. The van der Waals surface area contributed by atoms with Gasteiger partial charge in [0.2, 0.25) is 0 Å². The zero-order valence-electron chi connectivity index (χ0n) is 29.1. The average molecular weight is 683 g/mol. The van der Waals surface area contributed by atoms with E-state index in [4.69, 9.17) is 9.40 Å². The molecule has 5 heterocycles. The molecule has 1 unspecified atom stereocenters. The molecule has 1 aliphatic carbocycles. The molecule has 0 saturated carbocycles. The highest BCUT2D eigenvalue weighted by atomic mass is 16.3. The van der Waals surface area contributed by atoms with Crippen LogP contribution in [0.4, 0.5) is 0 Å². The number of hydrogen-bond donors (Lipinski definition) is 0. The van der Waals surface area contributed by atoms with E-state index in [1.807, 2.05) is 49.1 Å². The van der Waals surface area contributed by atoms with Gasteiger partial charge in [0, 0.05) is 57.9 Å². The monoisotopic (exact) mass is 682 g/mol. The van der Waals surface area contributed by atoms with Crippen LogP contribution in [0.15, 0.2) is 175 Å². The average Bonchev–Trinajstić information content (AvgIpc) is 3.81. The Bertz CT molecular complexity index is 2860. The molecular weight excluding hydrogens is 649 g/mol. The van der Waals surface area contributed by atoms with Gasteiger partial charge in [-0.1, -0.05) is 79.7 Å². The van der Waals surface area contributed by atoms with Gasteiger partial charge in [-0.25, -0.2) is 4.98 Å². The first kappa shape index (κ1) is 30.9. The lowest BCUT2D eigenvalue weighted by atomic mass is 9.97. The molecule has 0 aliphatic heterocycles. The summed E-state index contributed by atoms with van der Waals surface area (Å²) >= 11 is 0. The van der Waals surface area contributed by atoms with Crippen LogP contribution >= 0.6 is 0 Å². The molecule has 0 bridgehead atoms. The maximum Gasteiger partial charge on any atom is 0.144 e. The van der Waals surface area contributed by atoms with E-state index < -0.39 is 0 Å². The Balaban J connectivity index is 1.11. The van der Waals surface area contributed by atoms with Crippen LogP contribution in [-0.2, 0) is 0 Å². The van der Waals surface area contributed by atoms with Gasteiger partial charge in [-0.2, -0.15) is 0 Å². The minimum Gasteiger partial charge on any atom is -0.455 e. The highest BCUT2D eigenvalue weighted by Crippen LogP contribution is 2.40. The molecule has 0 N–H and O–H groups in total. The number of furan rings is 1. The first-order chi connectivity index (χ1) is 26.2. The lowest BCUT2D eigenvalue weighted by molar-refractivity contribution is 0.601. The molecule has 53 heavy (non-hydrogen) atoms. The molecule has 0 amide bonds. The minimum absolute atomic E-state index is 0.492. The molecule has 5 nitrogen and oxygen atoms in total. The van der Waals surface area contributed by atoms with Crippen LogP contribution in [0.25, 0.3) is 88.8 Å². The second-order valence-corrected chi connectivity index (χ2v) is 13.8. The van der Waals surface area contributed by atoms with Gasteiger partial charge < -0.3 is 8.98 Å². The standard InChI is InChI=1S/C48H34N4O/c1-31-6-4-8-37(26-31)46-30-38-16-17-45-47(48(38)53-46)41-10-2-3-11-44(41)52(45)40-9-5-7-36(27-40)43-29-39(28-42(51-43)35-20-24-50-25-21-35)33-14-12-32(13-15-33)34-18-22-49-23-19-34/h2-5,7-31H,6H2,1H3. The van der Waals surface area contributed by atoms with E-state index in [2.05, 4.69) is 143 Å². The highest BCUT2D eigenvalue weighted by molar-refractivity contribution is 6.20. The predicted octanol–water partition coefficient (Wildman–Crippen LogP) is 12.4.